The molecule has 194 valence electrons. The van der Waals surface area contributed by atoms with E-state index in [0.717, 1.165) is 31.3 Å². The first-order valence-electron chi connectivity index (χ1n) is 13.1. The first-order valence-corrected chi connectivity index (χ1v) is 13.1. The van der Waals surface area contributed by atoms with Gasteiger partial charge in [-0.15, -0.1) is 0 Å². The molecule has 1 heterocycles. The minimum atomic E-state index is -0.191. The summed E-state index contributed by atoms with van der Waals surface area (Å²) in [4.78, 5) is 2.68. The van der Waals surface area contributed by atoms with Crippen molar-refractivity contribution in [2.45, 2.75) is 117 Å². The summed E-state index contributed by atoms with van der Waals surface area (Å²) in [5.41, 5.74) is 10.9. The molecule has 0 amide bonds. The van der Waals surface area contributed by atoms with E-state index < -0.39 is 0 Å². The number of fused-ring (bicyclic) bond motifs is 1. The van der Waals surface area contributed by atoms with Crippen LogP contribution in [0.1, 0.15) is 94.7 Å². The third-order valence-corrected chi connectivity index (χ3v) is 7.95. The molecule has 3 aliphatic rings. The fourth-order valence-corrected chi connectivity index (χ4v) is 6.49. The quantitative estimate of drug-likeness (QED) is 0.447. The Bertz CT molecular complexity index is 950. The SMILES string of the molecule is Cc1cc(C)c(N2C3CCCCC32)c(C)c1.Cc1cc(C)c(N[C@H]2CCCC[C@@H]2O)c(C)c1.[HH].[HH].[HH].[HH].[HH].[HH].[HH]. The van der Waals surface area contributed by atoms with Crippen LogP contribution in [0.15, 0.2) is 24.3 Å². The molecular formula is C30H58N2O. The molecule has 2 N–H and O–H groups in total. The summed E-state index contributed by atoms with van der Waals surface area (Å²) in [6.07, 6.45) is 9.89. The van der Waals surface area contributed by atoms with E-state index in [4.69, 9.17) is 0 Å². The zero-order chi connectivity index (χ0) is 23.7. The minimum absolute atomic E-state index is 0. The second-order valence-electron chi connectivity index (χ2n) is 11.0. The average molecular weight is 463 g/mol. The number of aryl methyl sites for hydroxylation is 6. The van der Waals surface area contributed by atoms with Gasteiger partial charge in [0.1, 0.15) is 0 Å². The molecule has 2 saturated carbocycles. The largest absolute Gasteiger partial charge is 0.391 e. The number of benzene rings is 2. The van der Waals surface area contributed by atoms with Crippen LogP contribution in [0.25, 0.3) is 0 Å². The second-order valence-corrected chi connectivity index (χ2v) is 11.0. The number of hydrogen-bond acceptors (Lipinski definition) is 3. The van der Waals surface area contributed by atoms with E-state index in [2.05, 4.69) is 76.0 Å². The van der Waals surface area contributed by atoms with Crippen LogP contribution in [0.3, 0.4) is 0 Å². The molecule has 3 fully saturated rings. The maximum atomic E-state index is 10.0. The summed E-state index contributed by atoms with van der Waals surface area (Å²) in [7, 11) is 0. The predicted octanol–water partition coefficient (Wildman–Crippen LogP) is 8.79. The Morgan fingerprint density at radius 3 is 1.67 bits per heavy atom. The van der Waals surface area contributed by atoms with Crippen molar-refractivity contribution in [3.05, 3.63) is 57.6 Å². The molecule has 2 aliphatic carbocycles. The summed E-state index contributed by atoms with van der Waals surface area (Å²) in [6, 6.07) is 11.0. The van der Waals surface area contributed by atoms with Crippen LogP contribution in [0.2, 0.25) is 0 Å². The fraction of sp³-hybridized carbons (Fsp3) is 0.600. The number of anilines is 2. The molecule has 2 aromatic carbocycles. The molecule has 0 aromatic heterocycles. The highest BCUT2D eigenvalue weighted by molar-refractivity contribution is 5.66. The molecule has 1 saturated heterocycles. The van der Waals surface area contributed by atoms with Crippen LogP contribution in [0.4, 0.5) is 11.4 Å². The van der Waals surface area contributed by atoms with E-state index in [9.17, 15) is 5.11 Å². The first kappa shape index (κ1) is 24.1. The van der Waals surface area contributed by atoms with Gasteiger partial charge in [-0.3, -0.25) is 0 Å². The van der Waals surface area contributed by atoms with E-state index in [0.29, 0.717) is 0 Å². The van der Waals surface area contributed by atoms with Gasteiger partial charge in [0.2, 0.25) is 0 Å². The molecule has 3 heteroatoms. The van der Waals surface area contributed by atoms with Crippen molar-refractivity contribution < 1.29 is 15.1 Å². The van der Waals surface area contributed by atoms with E-state index in [1.807, 2.05) is 0 Å². The Labute approximate surface area is 212 Å². The summed E-state index contributed by atoms with van der Waals surface area (Å²) < 4.78 is 0. The molecule has 3 nitrogen and oxygen atoms in total. The number of aliphatic hydroxyl groups excluding tert-OH is 1. The lowest BCUT2D eigenvalue weighted by molar-refractivity contribution is 0.116. The van der Waals surface area contributed by atoms with Crippen molar-refractivity contribution in [3.63, 3.8) is 0 Å². The molecular weight excluding hydrogens is 404 g/mol. The third-order valence-electron chi connectivity index (χ3n) is 7.95. The van der Waals surface area contributed by atoms with E-state index in [1.165, 1.54) is 76.9 Å². The van der Waals surface area contributed by atoms with Crippen LogP contribution in [-0.2, 0) is 0 Å². The van der Waals surface area contributed by atoms with Crippen LogP contribution < -0.4 is 10.2 Å². The standard InChI is InChI=1S/C15H23NO.C15H21N.7H2/c1-10-8-11(2)15(12(3)9-10)16-13-6-4-5-7-14(13)17;1-10-8-11(2)15(12(3)9-10)16-13-6-4-5-7-14(13)16;;;;;;;/h8-9,13-14,16-17H,4-7H2,1-3H3;8-9,13-14H,4-7H2,1-3H3;7*1H/t13-,14-;;;;;;;;/m0......../s1. The smallest absolute Gasteiger partial charge is 0.0741 e. The molecule has 0 radical (unpaired) electrons. The topological polar surface area (TPSA) is 35.3 Å². The Kier molecular flexibility index (Phi) is 7.38. The Balaban J connectivity index is -0.000000276. The average Bonchev–Trinajstić information content (AvgIpc) is 3.46. The van der Waals surface area contributed by atoms with Crippen LogP contribution >= 0.6 is 0 Å². The minimum Gasteiger partial charge on any atom is -0.391 e. The van der Waals surface area contributed by atoms with Crippen molar-refractivity contribution in [2.24, 2.45) is 0 Å². The van der Waals surface area contributed by atoms with Crippen molar-refractivity contribution in [1.29, 1.82) is 0 Å². The normalized spacial score (nSPS) is 26.2. The highest BCUT2D eigenvalue weighted by Gasteiger charge is 2.49. The van der Waals surface area contributed by atoms with Crippen molar-refractivity contribution >= 4 is 11.4 Å². The van der Waals surface area contributed by atoms with Gasteiger partial charge in [-0.2, -0.15) is 0 Å². The molecule has 4 atom stereocenters. The first-order chi connectivity index (χ1) is 15.8. The second kappa shape index (κ2) is 10.1. The summed E-state index contributed by atoms with van der Waals surface area (Å²) >= 11 is 0. The number of rotatable bonds is 3. The Morgan fingerprint density at radius 1 is 0.697 bits per heavy atom. The summed E-state index contributed by atoms with van der Waals surface area (Å²) in [6.45, 7) is 13.1. The lowest BCUT2D eigenvalue weighted by Gasteiger charge is -2.30. The maximum Gasteiger partial charge on any atom is 0.0741 e. The van der Waals surface area contributed by atoms with E-state index in [1.54, 1.807) is 0 Å². The van der Waals surface area contributed by atoms with Crippen LogP contribution in [0, 0.1) is 41.5 Å². The number of aliphatic hydroxyl groups is 1. The summed E-state index contributed by atoms with van der Waals surface area (Å²) in [5.74, 6) is 0. The van der Waals surface area contributed by atoms with Crippen LogP contribution in [-0.4, -0.2) is 29.3 Å². The molecule has 2 aromatic rings. The molecule has 2 unspecified atom stereocenters. The molecule has 0 bridgehead atoms. The van der Waals surface area contributed by atoms with E-state index >= 15 is 0 Å². The maximum absolute atomic E-state index is 10.0. The van der Waals surface area contributed by atoms with Gasteiger partial charge in [0.05, 0.1) is 12.1 Å². The highest BCUT2D eigenvalue weighted by atomic mass is 16.3. The number of nitrogens with one attached hydrogen (secondary N) is 1. The number of hydrogen-bond donors (Lipinski definition) is 2. The van der Waals surface area contributed by atoms with Gasteiger partial charge in [-0.25, -0.2) is 0 Å². The van der Waals surface area contributed by atoms with Crippen molar-refractivity contribution in [3.8, 4) is 0 Å². The van der Waals surface area contributed by atoms with Gasteiger partial charge in [-0.05, 0) is 89.5 Å². The van der Waals surface area contributed by atoms with E-state index in [-0.39, 0.29) is 22.1 Å². The van der Waals surface area contributed by atoms with Gasteiger partial charge in [0.15, 0.2) is 0 Å². The van der Waals surface area contributed by atoms with Crippen molar-refractivity contribution in [1.82, 2.24) is 0 Å². The van der Waals surface area contributed by atoms with Crippen LogP contribution in [0.5, 0.6) is 0 Å². The Morgan fingerprint density at radius 2 is 1.15 bits per heavy atom. The van der Waals surface area contributed by atoms with Gasteiger partial charge >= 0.3 is 0 Å². The Hall–Kier alpha value is -2.00. The third kappa shape index (κ3) is 5.40. The zero-order valence-corrected chi connectivity index (χ0v) is 21.7. The lowest BCUT2D eigenvalue weighted by Crippen LogP contribution is -2.36. The molecule has 1 aliphatic heterocycles. The molecule has 5 rings (SSSR count). The van der Waals surface area contributed by atoms with Gasteiger partial charge in [0.25, 0.3) is 0 Å². The van der Waals surface area contributed by atoms with Crippen molar-refractivity contribution in [2.75, 3.05) is 10.2 Å². The van der Waals surface area contributed by atoms with Gasteiger partial charge < -0.3 is 15.3 Å². The predicted molar refractivity (Wildman–Crippen MR) is 157 cm³/mol. The zero-order valence-electron chi connectivity index (χ0n) is 21.7. The lowest BCUT2D eigenvalue weighted by atomic mass is 9.91. The monoisotopic (exact) mass is 462 g/mol. The molecule has 33 heavy (non-hydrogen) atoms. The highest BCUT2D eigenvalue weighted by Crippen LogP contribution is 2.46. The summed E-state index contributed by atoms with van der Waals surface area (Å²) in [5, 5.41) is 13.5. The molecule has 0 spiro atoms. The van der Waals surface area contributed by atoms with Gasteiger partial charge in [-0.1, -0.05) is 61.1 Å². The van der Waals surface area contributed by atoms with Gasteiger partial charge in [0, 0.05) is 33.4 Å². The number of nitrogens with zero attached hydrogens (tertiary/aromatic N) is 1. The fourth-order valence-electron chi connectivity index (χ4n) is 6.49.